The molecule has 5 heteroatoms. The number of nitrogens with one attached hydrogen (secondary N) is 2. The molecule has 3 N–H and O–H groups in total. The van der Waals surface area contributed by atoms with E-state index in [1.165, 1.54) is 12.1 Å². The van der Waals surface area contributed by atoms with Crippen molar-refractivity contribution in [2.75, 3.05) is 0 Å². The molecule has 4 nitrogen and oxygen atoms in total. The Bertz CT molecular complexity index is 1120. The second kappa shape index (κ2) is 6.19. The zero-order chi connectivity index (χ0) is 18.3. The Kier molecular flexibility index (Phi) is 3.84. The van der Waals surface area contributed by atoms with Crippen LogP contribution in [0.3, 0.4) is 0 Å². The summed E-state index contributed by atoms with van der Waals surface area (Å²) in [5.74, 6) is -1.46. The first-order chi connectivity index (χ1) is 12.6. The maximum absolute atomic E-state index is 13.8. The van der Waals surface area contributed by atoms with E-state index in [1.807, 2.05) is 37.4 Å². The van der Waals surface area contributed by atoms with E-state index < -0.39 is 11.8 Å². The van der Waals surface area contributed by atoms with Crippen LogP contribution in [0.2, 0.25) is 0 Å². The molecule has 0 unspecified atom stereocenters. The van der Waals surface area contributed by atoms with Crippen LogP contribution in [0.4, 0.5) is 4.39 Å². The molecule has 0 fully saturated rings. The molecule has 0 bridgehead atoms. The van der Waals surface area contributed by atoms with Crippen molar-refractivity contribution >= 4 is 16.9 Å². The second-order valence-electron chi connectivity index (χ2n) is 6.14. The number of hydrogen-bond acceptors (Lipinski definition) is 1. The molecule has 2 aromatic heterocycles. The van der Waals surface area contributed by atoms with Gasteiger partial charge < -0.3 is 15.1 Å². The highest BCUT2D eigenvalue weighted by atomic mass is 19.1. The smallest absolute Gasteiger partial charge is 0.352 e. The summed E-state index contributed by atoms with van der Waals surface area (Å²) >= 11 is 0. The summed E-state index contributed by atoms with van der Waals surface area (Å²) in [6.45, 7) is 1.97. The van der Waals surface area contributed by atoms with Gasteiger partial charge in [0.15, 0.2) is 0 Å². The van der Waals surface area contributed by atoms with Crippen molar-refractivity contribution in [1.82, 2.24) is 9.97 Å². The molecule has 130 valence electrons. The second-order valence-corrected chi connectivity index (χ2v) is 6.14. The highest BCUT2D eigenvalue weighted by molar-refractivity contribution is 6.02. The molecule has 0 atom stereocenters. The van der Waals surface area contributed by atoms with Gasteiger partial charge in [0.2, 0.25) is 0 Å². The third kappa shape index (κ3) is 2.49. The molecule has 2 heterocycles. The molecule has 0 saturated heterocycles. The number of aromatic nitrogens is 2. The molecular weight excluding hydrogens is 331 g/mol. The van der Waals surface area contributed by atoms with Gasteiger partial charge in [0.25, 0.3) is 0 Å². The van der Waals surface area contributed by atoms with Crippen LogP contribution >= 0.6 is 0 Å². The topological polar surface area (TPSA) is 68.9 Å². The van der Waals surface area contributed by atoms with E-state index in [0.717, 1.165) is 27.7 Å². The standard InChI is InChI=1S/C21H17FN2O2/c1-2-14-18(12-5-3-6-13(22)11-12)20(21(25)26)24-19(14)16-7-4-8-17-15(16)9-10-23-17/h3-11,23-24H,2H2,1H3,(H,25,26). The van der Waals surface area contributed by atoms with Crippen molar-refractivity contribution in [3.05, 3.63) is 71.8 Å². The zero-order valence-corrected chi connectivity index (χ0v) is 14.1. The number of aromatic amines is 2. The number of carboxylic acids is 1. The molecule has 0 radical (unpaired) electrons. The largest absolute Gasteiger partial charge is 0.477 e. The van der Waals surface area contributed by atoms with E-state index in [0.29, 0.717) is 17.5 Å². The summed E-state index contributed by atoms with van der Waals surface area (Å²) in [6, 6.07) is 13.9. The van der Waals surface area contributed by atoms with E-state index in [2.05, 4.69) is 9.97 Å². The summed E-state index contributed by atoms with van der Waals surface area (Å²) in [7, 11) is 0. The van der Waals surface area contributed by atoms with Crippen LogP contribution in [0.1, 0.15) is 23.0 Å². The van der Waals surface area contributed by atoms with Gasteiger partial charge in [-0.3, -0.25) is 0 Å². The Balaban J connectivity index is 2.05. The average molecular weight is 348 g/mol. The van der Waals surface area contributed by atoms with E-state index in [-0.39, 0.29) is 5.69 Å². The lowest BCUT2D eigenvalue weighted by Gasteiger charge is -2.07. The lowest BCUT2D eigenvalue weighted by molar-refractivity contribution is 0.0692. The number of halogens is 1. The minimum Gasteiger partial charge on any atom is -0.477 e. The van der Waals surface area contributed by atoms with Gasteiger partial charge in [-0.25, -0.2) is 9.18 Å². The number of hydrogen-bond donors (Lipinski definition) is 3. The van der Waals surface area contributed by atoms with Crippen LogP contribution < -0.4 is 0 Å². The number of H-pyrrole nitrogens is 2. The SMILES string of the molecule is CCc1c(-c2cccc3[nH]ccc23)[nH]c(C(=O)O)c1-c1cccc(F)c1. The van der Waals surface area contributed by atoms with Gasteiger partial charge in [-0.05, 0) is 41.8 Å². The Labute approximate surface area is 149 Å². The molecule has 0 amide bonds. The number of rotatable bonds is 4. The molecule has 0 spiro atoms. The number of benzene rings is 2. The van der Waals surface area contributed by atoms with Gasteiger partial charge in [-0.15, -0.1) is 0 Å². The van der Waals surface area contributed by atoms with Gasteiger partial charge in [0.05, 0.1) is 5.69 Å². The van der Waals surface area contributed by atoms with Crippen molar-refractivity contribution in [2.24, 2.45) is 0 Å². The van der Waals surface area contributed by atoms with E-state index in [1.54, 1.807) is 12.1 Å². The molecule has 0 aliphatic carbocycles. The Morgan fingerprint density at radius 3 is 2.69 bits per heavy atom. The highest BCUT2D eigenvalue weighted by Gasteiger charge is 2.24. The van der Waals surface area contributed by atoms with Crippen LogP contribution in [0.15, 0.2) is 54.7 Å². The van der Waals surface area contributed by atoms with Crippen LogP contribution in [0.5, 0.6) is 0 Å². The van der Waals surface area contributed by atoms with Crippen molar-refractivity contribution < 1.29 is 14.3 Å². The van der Waals surface area contributed by atoms with Crippen molar-refractivity contribution in [1.29, 1.82) is 0 Å². The summed E-state index contributed by atoms with van der Waals surface area (Å²) in [5, 5.41) is 10.7. The van der Waals surface area contributed by atoms with Gasteiger partial charge >= 0.3 is 5.97 Å². The minimum absolute atomic E-state index is 0.0787. The summed E-state index contributed by atoms with van der Waals surface area (Å²) in [4.78, 5) is 18.1. The number of aromatic carboxylic acids is 1. The van der Waals surface area contributed by atoms with Crippen molar-refractivity contribution in [3.63, 3.8) is 0 Å². The van der Waals surface area contributed by atoms with Gasteiger partial charge in [0.1, 0.15) is 11.5 Å². The van der Waals surface area contributed by atoms with Crippen molar-refractivity contribution in [2.45, 2.75) is 13.3 Å². The molecule has 0 saturated carbocycles. The van der Waals surface area contributed by atoms with E-state index in [9.17, 15) is 14.3 Å². The maximum atomic E-state index is 13.8. The Hall–Kier alpha value is -3.34. The van der Waals surface area contributed by atoms with Crippen LogP contribution in [0, 0.1) is 5.82 Å². The number of fused-ring (bicyclic) bond motifs is 1. The molecule has 26 heavy (non-hydrogen) atoms. The quantitative estimate of drug-likeness (QED) is 0.473. The lowest BCUT2D eigenvalue weighted by Crippen LogP contribution is -1.99. The monoisotopic (exact) mass is 348 g/mol. The lowest BCUT2D eigenvalue weighted by atomic mass is 9.95. The summed E-state index contributed by atoms with van der Waals surface area (Å²) in [5.41, 5.74) is 4.70. The predicted octanol–water partition coefficient (Wildman–Crippen LogP) is 5.23. The number of carboxylic acid groups (broad SMARTS) is 1. The van der Waals surface area contributed by atoms with Crippen LogP contribution in [0.25, 0.3) is 33.3 Å². The normalized spacial score (nSPS) is 11.2. The van der Waals surface area contributed by atoms with Crippen LogP contribution in [-0.4, -0.2) is 21.0 Å². The average Bonchev–Trinajstić information content (AvgIpc) is 3.25. The maximum Gasteiger partial charge on any atom is 0.352 e. The highest BCUT2D eigenvalue weighted by Crippen LogP contribution is 2.38. The summed E-state index contributed by atoms with van der Waals surface area (Å²) in [6.07, 6.45) is 2.47. The molecule has 0 aliphatic rings. The van der Waals surface area contributed by atoms with Gasteiger partial charge in [-0.2, -0.15) is 0 Å². The molecular formula is C21H17FN2O2. The Morgan fingerprint density at radius 2 is 1.96 bits per heavy atom. The Morgan fingerprint density at radius 1 is 1.15 bits per heavy atom. The third-order valence-electron chi connectivity index (χ3n) is 4.65. The van der Waals surface area contributed by atoms with Crippen LogP contribution in [-0.2, 0) is 6.42 Å². The fourth-order valence-electron chi connectivity index (χ4n) is 3.55. The third-order valence-corrected chi connectivity index (χ3v) is 4.65. The molecule has 4 rings (SSSR count). The van der Waals surface area contributed by atoms with Crippen molar-refractivity contribution in [3.8, 4) is 22.4 Å². The predicted molar refractivity (Wildman–Crippen MR) is 99.8 cm³/mol. The number of carbonyl (C=O) groups is 1. The molecule has 4 aromatic rings. The van der Waals surface area contributed by atoms with Gasteiger partial charge in [0, 0.05) is 28.2 Å². The molecule has 0 aliphatic heterocycles. The fraction of sp³-hybridized carbons (Fsp3) is 0.0952. The first kappa shape index (κ1) is 16.1. The first-order valence-corrected chi connectivity index (χ1v) is 8.40. The van der Waals surface area contributed by atoms with Gasteiger partial charge in [-0.1, -0.05) is 31.2 Å². The molecule has 2 aromatic carbocycles. The zero-order valence-electron chi connectivity index (χ0n) is 14.1. The van der Waals surface area contributed by atoms with E-state index in [4.69, 9.17) is 0 Å². The minimum atomic E-state index is -1.06. The van der Waals surface area contributed by atoms with E-state index >= 15 is 0 Å². The first-order valence-electron chi connectivity index (χ1n) is 8.40. The fourth-order valence-corrected chi connectivity index (χ4v) is 3.55. The summed E-state index contributed by atoms with van der Waals surface area (Å²) < 4.78 is 13.8.